The lowest BCUT2D eigenvalue weighted by Gasteiger charge is -2.53. The van der Waals surface area contributed by atoms with Crippen molar-refractivity contribution in [1.29, 1.82) is 0 Å². The number of likely N-dealkylation sites (tertiary alicyclic amines) is 1. The van der Waals surface area contributed by atoms with Crippen molar-refractivity contribution in [2.75, 3.05) is 27.4 Å². The SMILES string of the molecule is COC1=CC=C2C3Cc4ccc(OC)c5c4C2(CCN3Cc2cn(CC(O)COc3ccccc3)nn2)C1O5. The van der Waals surface area contributed by atoms with Gasteiger partial charge in [-0.3, -0.25) is 4.90 Å². The normalized spacial score (nSPS) is 25.2. The number of nitrogens with zero attached hydrogens (tertiary/aromatic N) is 4. The number of allylic oxidation sites excluding steroid dienone is 2. The predicted octanol–water partition coefficient (Wildman–Crippen LogP) is 3.03. The van der Waals surface area contributed by atoms with E-state index in [1.165, 1.54) is 16.7 Å². The van der Waals surface area contributed by atoms with E-state index in [1.54, 1.807) is 18.9 Å². The van der Waals surface area contributed by atoms with Crippen LogP contribution in [0.2, 0.25) is 0 Å². The van der Waals surface area contributed by atoms with Gasteiger partial charge in [-0.1, -0.05) is 35.6 Å². The smallest absolute Gasteiger partial charge is 0.169 e. The number of hydrogen-bond donors (Lipinski definition) is 1. The highest BCUT2D eigenvalue weighted by atomic mass is 16.6. The van der Waals surface area contributed by atoms with Crippen molar-refractivity contribution >= 4 is 0 Å². The highest BCUT2D eigenvalue weighted by molar-refractivity contribution is 5.67. The first kappa shape index (κ1) is 24.2. The molecule has 2 aliphatic heterocycles. The Morgan fingerprint density at radius 2 is 2.00 bits per heavy atom. The van der Waals surface area contributed by atoms with E-state index in [9.17, 15) is 5.11 Å². The number of aliphatic hydroxyl groups excluding tert-OH is 1. The molecule has 0 saturated carbocycles. The van der Waals surface area contributed by atoms with Crippen molar-refractivity contribution in [2.45, 2.75) is 49.6 Å². The van der Waals surface area contributed by atoms with Gasteiger partial charge in [-0.05, 0) is 48.3 Å². The van der Waals surface area contributed by atoms with E-state index < -0.39 is 6.10 Å². The predicted molar refractivity (Wildman–Crippen MR) is 143 cm³/mol. The monoisotopic (exact) mass is 528 g/mol. The summed E-state index contributed by atoms with van der Waals surface area (Å²) in [7, 11) is 3.41. The molecule has 9 heteroatoms. The Bertz CT molecular complexity index is 1450. The number of aromatic nitrogens is 3. The van der Waals surface area contributed by atoms with Crippen LogP contribution in [0.25, 0.3) is 0 Å². The lowest BCUT2D eigenvalue weighted by molar-refractivity contribution is 0.0608. The third kappa shape index (κ3) is 3.83. The standard InChI is InChI=1S/C30H32N4O5/c1-36-25-10-8-19-14-24-23-9-11-26(37-2)29-30(23,27(19)28(25)39-29)12-13-33(24)15-20-16-34(32-31-20)17-21(35)18-38-22-6-4-3-5-7-22/h3-11,16,21,24,29,35H,12-15,17-18H2,1-2H3. The molecular formula is C30H32N4O5. The van der Waals surface area contributed by atoms with E-state index in [4.69, 9.17) is 18.9 Å². The van der Waals surface area contributed by atoms with Crippen LogP contribution >= 0.6 is 0 Å². The van der Waals surface area contributed by atoms with Crippen molar-refractivity contribution in [3.05, 3.63) is 89.0 Å². The van der Waals surface area contributed by atoms with Crippen molar-refractivity contribution in [1.82, 2.24) is 19.9 Å². The van der Waals surface area contributed by atoms with Crippen LogP contribution in [-0.2, 0) is 29.7 Å². The van der Waals surface area contributed by atoms with Gasteiger partial charge < -0.3 is 24.1 Å². The average Bonchev–Trinajstić information content (AvgIpc) is 3.55. The molecule has 1 N–H and O–H groups in total. The van der Waals surface area contributed by atoms with Crippen molar-refractivity contribution in [3.8, 4) is 17.2 Å². The fourth-order valence-corrected chi connectivity index (χ4v) is 6.87. The third-order valence-corrected chi connectivity index (χ3v) is 8.53. The zero-order valence-corrected chi connectivity index (χ0v) is 22.1. The Kier molecular flexibility index (Phi) is 5.86. The number of benzene rings is 2. The molecule has 1 aromatic heterocycles. The molecular weight excluding hydrogens is 496 g/mol. The first-order chi connectivity index (χ1) is 19.1. The van der Waals surface area contributed by atoms with Gasteiger partial charge in [0.2, 0.25) is 0 Å². The quantitative estimate of drug-likeness (QED) is 0.453. The molecule has 0 radical (unpaired) electrons. The van der Waals surface area contributed by atoms with E-state index in [0.29, 0.717) is 13.1 Å². The second kappa shape index (κ2) is 9.43. The number of hydrogen-bond acceptors (Lipinski definition) is 8. The number of piperidine rings is 1. The Labute approximate surface area is 227 Å². The van der Waals surface area contributed by atoms with Gasteiger partial charge in [0, 0.05) is 30.9 Å². The maximum absolute atomic E-state index is 10.5. The summed E-state index contributed by atoms with van der Waals surface area (Å²) < 4.78 is 25.5. The molecule has 39 heavy (non-hydrogen) atoms. The number of methoxy groups -OCH3 is 2. The summed E-state index contributed by atoms with van der Waals surface area (Å²) in [6.07, 6.45) is 7.17. The minimum absolute atomic E-state index is 0.182. The van der Waals surface area contributed by atoms with E-state index >= 15 is 0 Å². The van der Waals surface area contributed by atoms with Crippen LogP contribution in [0.4, 0.5) is 0 Å². The largest absolute Gasteiger partial charge is 0.497 e. The molecule has 4 atom stereocenters. The Morgan fingerprint density at radius 1 is 1.13 bits per heavy atom. The van der Waals surface area contributed by atoms with Crippen LogP contribution in [0.3, 0.4) is 0 Å². The summed E-state index contributed by atoms with van der Waals surface area (Å²) in [4.78, 5) is 2.49. The van der Waals surface area contributed by atoms with Crippen molar-refractivity contribution in [3.63, 3.8) is 0 Å². The van der Waals surface area contributed by atoms with Crippen LogP contribution in [0.1, 0.15) is 23.2 Å². The summed E-state index contributed by atoms with van der Waals surface area (Å²) in [6, 6.07) is 13.9. The lowest BCUT2D eigenvalue weighted by Crippen LogP contribution is -2.59. The van der Waals surface area contributed by atoms with Gasteiger partial charge in [-0.25, -0.2) is 4.68 Å². The highest BCUT2D eigenvalue weighted by Gasteiger charge is 2.62. The molecule has 1 fully saturated rings. The molecule has 4 unspecified atom stereocenters. The molecule has 1 saturated heterocycles. The second-order valence-electron chi connectivity index (χ2n) is 10.6. The van der Waals surface area contributed by atoms with Crippen LogP contribution < -0.4 is 14.2 Å². The molecule has 2 aliphatic carbocycles. The lowest BCUT2D eigenvalue weighted by atomic mass is 9.57. The second-order valence-corrected chi connectivity index (χ2v) is 10.6. The molecule has 2 bridgehead atoms. The zero-order valence-electron chi connectivity index (χ0n) is 22.1. The van der Waals surface area contributed by atoms with Gasteiger partial charge in [-0.2, -0.15) is 0 Å². The minimum Gasteiger partial charge on any atom is -0.497 e. The molecule has 4 aliphatic rings. The topological polar surface area (TPSA) is 91.1 Å². The van der Waals surface area contributed by atoms with Gasteiger partial charge in [0.1, 0.15) is 24.2 Å². The molecule has 0 amide bonds. The molecule has 3 heterocycles. The summed E-state index contributed by atoms with van der Waals surface area (Å²) in [5, 5.41) is 19.2. The molecule has 3 aromatic rings. The Balaban J connectivity index is 1.10. The fourth-order valence-electron chi connectivity index (χ4n) is 6.87. The van der Waals surface area contributed by atoms with Gasteiger partial charge in [0.05, 0.1) is 31.9 Å². The van der Waals surface area contributed by atoms with Crippen molar-refractivity contribution in [2.24, 2.45) is 0 Å². The molecule has 1 spiro atoms. The maximum Gasteiger partial charge on any atom is 0.169 e. The van der Waals surface area contributed by atoms with E-state index in [1.807, 2.05) is 42.6 Å². The van der Waals surface area contributed by atoms with E-state index in [0.717, 1.165) is 48.1 Å². The van der Waals surface area contributed by atoms with Crippen LogP contribution in [0, 0.1) is 0 Å². The number of aliphatic hydroxyl groups is 1. The number of ether oxygens (including phenoxy) is 4. The van der Waals surface area contributed by atoms with E-state index in [-0.39, 0.29) is 24.2 Å². The zero-order chi connectivity index (χ0) is 26.6. The van der Waals surface area contributed by atoms with Crippen LogP contribution in [0.15, 0.2) is 72.1 Å². The highest BCUT2D eigenvalue weighted by Crippen LogP contribution is 2.62. The number of rotatable bonds is 9. The summed E-state index contributed by atoms with van der Waals surface area (Å²) in [5.74, 6) is 3.23. The van der Waals surface area contributed by atoms with Crippen molar-refractivity contribution < 1.29 is 24.1 Å². The molecule has 202 valence electrons. The maximum atomic E-state index is 10.5. The summed E-state index contributed by atoms with van der Waals surface area (Å²) in [5.41, 5.74) is 4.60. The van der Waals surface area contributed by atoms with Gasteiger partial charge in [0.25, 0.3) is 0 Å². The van der Waals surface area contributed by atoms with Gasteiger partial charge >= 0.3 is 0 Å². The molecule has 9 nitrogen and oxygen atoms in total. The fraction of sp³-hybridized carbons (Fsp3) is 0.400. The van der Waals surface area contributed by atoms with Crippen LogP contribution in [0.5, 0.6) is 17.2 Å². The molecule has 7 rings (SSSR count). The number of para-hydroxylation sites is 1. The van der Waals surface area contributed by atoms with Gasteiger partial charge in [-0.15, -0.1) is 5.10 Å². The average molecular weight is 529 g/mol. The Hall–Kier alpha value is -3.82. The molecule has 2 aromatic carbocycles. The van der Waals surface area contributed by atoms with Crippen LogP contribution in [-0.4, -0.2) is 70.6 Å². The Morgan fingerprint density at radius 3 is 2.82 bits per heavy atom. The summed E-state index contributed by atoms with van der Waals surface area (Å²) >= 11 is 0. The van der Waals surface area contributed by atoms with E-state index in [2.05, 4.69) is 33.4 Å². The first-order valence-corrected chi connectivity index (χ1v) is 13.4. The third-order valence-electron chi connectivity index (χ3n) is 8.53. The first-order valence-electron chi connectivity index (χ1n) is 13.4. The minimum atomic E-state index is -0.691. The van der Waals surface area contributed by atoms with Gasteiger partial charge in [0.15, 0.2) is 17.6 Å². The summed E-state index contributed by atoms with van der Waals surface area (Å²) in [6.45, 7) is 2.09.